The molecule has 36 heavy (non-hydrogen) atoms. The van der Waals surface area contributed by atoms with Gasteiger partial charge in [-0.3, -0.25) is 13.9 Å². The summed E-state index contributed by atoms with van der Waals surface area (Å²) in [6.07, 6.45) is -3.28. The maximum absolute atomic E-state index is 14.6. The molecule has 1 aromatic heterocycles. The summed E-state index contributed by atoms with van der Waals surface area (Å²) in [5.41, 5.74) is 2.69. The normalized spacial score (nSPS) is 12.7. The molecule has 1 heterocycles. The van der Waals surface area contributed by atoms with Gasteiger partial charge in [-0.15, -0.1) is 0 Å². The van der Waals surface area contributed by atoms with E-state index in [2.05, 4.69) is 0 Å². The van der Waals surface area contributed by atoms with Crippen LogP contribution in [0.15, 0.2) is 52.2 Å². The van der Waals surface area contributed by atoms with Gasteiger partial charge in [-0.25, -0.2) is 9.18 Å². The fourth-order valence-electron chi connectivity index (χ4n) is 4.06. The molecule has 2 N–H and O–H groups in total. The number of rotatable bonds is 8. The van der Waals surface area contributed by atoms with Crippen LogP contribution in [0.1, 0.15) is 31.4 Å². The van der Waals surface area contributed by atoms with Crippen LogP contribution in [0, 0.1) is 11.7 Å². The molecule has 194 valence electrons. The molecule has 11 heteroatoms. The van der Waals surface area contributed by atoms with E-state index >= 15 is 0 Å². The first-order valence-electron chi connectivity index (χ1n) is 11.1. The van der Waals surface area contributed by atoms with E-state index in [0.717, 1.165) is 33.5 Å². The molecule has 0 bridgehead atoms. The van der Waals surface area contributed by atoms with Crippen molar-refractivity contribution in [3.8, 4) is 16.9 Å². The van der Waals surface area contributed by atoms with Gasteiger partial charge in [0.15, 0.2) is 0 Å². The van der Waals surface area contributed by atoms with Gasteiger partial charge >= 0.3 is 11.9 Å². The van der Waals surface area contributed by atoms with E-state index in [1.807, 2.05) is 13.8 Å². The molecule has 0 radical (unpaired) electrons. The summed E-state index contributed by atoms with van der Waals surface area (Å²) >= 11 is 6.41. The van der Waals surface area contributed by atoms with Crippen LogP contribution in [-0.2, 0) is 19.3 Å². The first-order valence-corrected chi connectivity index (χ1v) is 11.5. The van der Waals surface area contributed by atoms with Crippen LogP contribution in [0.4, 0.5) is 17.6 Å². The zero-order chi connectivity index (χ0) is 26.8. The second kappa shape index (κ2) is 10.9. The highest BCUT2D eigenvalue weighted by Crippen LogP contribution is 2.35. The Morgan fingerprint density at radius 3 is 2.36 bits per heavy atom. The highest BCUT2D eigenvalue weighted by Gasteiger charge is 2.34. The van der Waals surface area contributed by atoms with Crippen molar-refractivity contribution in [2.24, 2.45) is 11.7 Å². The standard InChI is InChI=1S/C25H26ClF4N3O3/c1-14(2)10-15(31)11-33-23(34)17(16-6-4-9-21(36-3)22(16)26)12-32(24(33)35)13-18-19(25(28,29)30)7-5-8-20(18)27/h4-9,12,14-15H,10-11,13,31H2,1-3H3/t15-/m0/s1. The number of hydrogen-bond acceptors (Lipinski definition) is 4. The Balaban J connectivity index is 2.27. The molecule has 0 aliphatic carbocycles. The number of nitrogens with zero attached hydrogens (tertiary/aromatic N) is 2. The molecule has 0 aliphatic heterocycles. The highest BCUT2D eigenvalue weighted by atomic mass is 35.5. The van der Waals surface area contributed by atoms with Gasteiger partial charge in [0, 0.05) is 29.9 Å². The molecular formula is C25H26ClF4N3O3. The van der Waals surface area contributed by atoms with E-state index in [0.29, 0.717) is 6.42 Å². The Hall–Kier alpha value is -3.11. The summed E-state index contributed by atoms with van der Waals surface area (Å²) in [5, 5.41) is 0.0715. The molecule has 3 aromatic rings. The van der Waals surface area contributed by atoms with E-state index in [-0.39, 0.29) is 34.4 Å². The lowest BCUT2D eigenvalue weighted by Gasteiger charge is -2.19. The fraction of sp³-hybridized carbons (Fsp3) is 0.360. The third-order valence-electron chi connectivity index (χ3n) is 5.65. The van der Waals surface area contributed by atoms with E-state index in [1.54, 1.807) is 12.1 Å². The van der Waals surface area contributed by atoms with E-state index in [4.69, 9.17) is 22.1 Å². The minimum absolute atomic E-state index is 0.0693. The molecule has 0 spiro atoms. The van der Waals surface area contributed by atoms with Gasteiger partial charge in [0.2, 0.25) is 0 Å². The zero-order valence-electron chi connectivity index (χ0n) is 19.9. The third kappa shape index (κ3) is 5.82. The van der Waals surface area contributed by atoms with Crippen molar-refractivity contribution >= 4 is 11.6 Å². The Morgan fingerprint density at radius 2 is 1.75 bits per heavy atom. The monoisotopic (exact) mass is 527 g/mol. The average Bonchev–Trinajstić information content (AvgIpc) is 2.78. The van der Waals surface area contributed by atoms with E-state index in [9.17, 15) is 27.2 Å². The molecule has 0 saturated carbocycles. The number of aromatic nitrogens is 2. The molecule has 0 saturated heterocycles. The predicted octanol–water partition coefficient (Wildman–Crippen LogP) is 4.92. The van der Waals surface area contributed by atoms with Gasteiger partial charge < -0.3 is 10.5 Å². The highest BCUT2D eigenvalue weighted by molar-refractivity contribution is 6.34. The molecule has 1 atom stereocenters. The van der Waals surface area contributed by atoms with Gasteiger partial charge in [0.05, 0.1) is 29.8 Å². The van der Waals surface area contributed by atoms with Crippen LogP contribution in [0.2, 0.25) is 5.02 Å². The number of ether oxygens (including phenoxy) is 1. The van der Waals surface area contributed by atoms with Crippen LogP contribution in [0.25, 0.3) is 11.1 Å². The Labute approximate surface area is 209 Å². The maximum atomic E-state index is 14.6. The smallest absolute Gasteiger partial charge is 0.416 e. The van der Waals surface area contributed by atoms with Gasteiger partial charge in [-0.2, -0.15) is 13.2 Å². The van der Waals surface area contributed by atoms with Crippen LogP contribution < -0.4 is 21.7 Å². The van der Waals surface area contributed by atoms with Gasteiger partial charge in [0.1, 0.15) is 11.6 Å². The molecule has 0 amide bonds. The summed E-state index contributed by atoms with van der Waals surface area (Å²) in [7, 11) is 1.38. The lowest BCUT2D eigenvalue weighted by Crippen LogP contribution is -2.45. The maximum Gasteiger partial charge on any atom is 0.416 e. The number of alkyl halides is 3. The van der Waals surface area contributed by atoms with Crippen LogP contribution in [-0.4, -0.2) is 22.3 Å². The molecule has 2 aromatic carbocycles. The van der Waals surface area contributed by atoms with Crippen molar-refractivity contribution in [3.05, 3.63) is 85.4 Å². The van der Waals surface area contributed by atoms with Gasteiger partial charge in [-0.05, 0) is 30.5 Å². The van der Waals surface area contributed by atoms with Crippen LogP contribution in [0.5, 0.6) is 5.75 Å². The first kappa shape index (κ1) is 27.5. The number of nitrogens with two attached hydrogens (primary N) is 1. The van der Waals surface area contributed by atoms with Crippen LogP contribution >= 0.6 is 11.6 Å². The molecule has 3 rings (SSSR count). The molecule has 0 fully saturated rings. The van der Waals surface area contributed by atoms with Crippen molar-refractivity contribution in [2.45, 2.75) is 45.6 Å². The van der Waals surface area contributed by atoms with Gasteiger partial charge in [-0.1, -0.05) is 43.6 Å². The fourth-order valence-corrected chi connectivity index (χ4v) is 4.36. The zero-order valence-corrected chi connectivity index (χ0v) is 20.7. The van der Waals surface area contributed by atoms with Crippen molar-refractivity contribution in [1.82, 2.24) is 9.13 Å². The summed E-state index contributed by atoms with van der Waals surface area (Å²) in [6.45, 7) is 2.89. The first-order chi connectivity index (χ1) is 16.8. The second-order valence-electron chi connectivity index (χ2n) is 8.84. The molecule has 6 nitrogen and oxygen atoms in total. The third-order valence-corrected chi connectivity index (χ3v) is 6.04. The second-order valence-corrected chi connectivity index (χ2v) is 9.22. The Morgan fingerprint density at radius 1 is 1.08 bits per heavy atom. The lowest BCUT2D eigenvalue weighted by molar-refractivity contribution is -0.138. The number of hydrogen-bond donors (Lipinski definition) is 1. The SMILES string of the molecule is COc1cccc(-c2cn(Cc3c(F)cccc3C(F)(F)F)c(=O)n(C[C@@H](N)CC(C)C)c2=O)c1Cl. The number of methoxy groups -OCH3 is 1. The largest absolute Gasteiger partial charge is 0.495 e. The summed E-state index contributed by atoms with van der Waals surface area (Å²) < 4.78 is 62.3. The van der Waals surface area contributed by atoms with Crippen LogP contribution in [0.3, 0.4) is 0 Å². The molecule has 0 unspecified atom stereocenters. The Kier molecular flexibility index (Phi) is 8.30. The quantitative estimate of drug-likeness (QED) is 0.422. The number of halogens is 5. The molecular weight excluding hydrogens is 502 g/mol. The number of benzene rings is 2. The van der Waals surface area contributed by atoms with Crippen molar-refractivity contribution in [2.75, 3.05) is 7.11 Å². The van der Waals surface area contributed by atoms with E-state index < -0.39 is 47.0 Å². The lowest BCUT2D eigenvalue weighted by atomic mass is 10.0. The average molecular weight is 528 g/mol. The van der Waals surface area contributed by atoms with Gasteiger partial charge in [0.25, 0.3) is 5.56 Å². The van der Waals surface area contributed by atoms with Crippen molar-refractivity contribution in [3.63, 3.8) is 0 Å². The Bertz CT molecular complexity index is 1370. The minimum Gasteiger partial charge on any atom is -0.495 e. The summed E-state index contributed by atoms with van der Waals surface area (Å²) in [4.78, 5) is 26.7. The topological polar surface area (TPSA) is 79.2 Å². The van der Waals surface area contributed by atoms with Crippen molar-refractivity contribution < 1.29 is 22.3 Å². The summed E-state index contributed by atoms with van der Waals surface area (Å²) in [6, 6.07) is 6.62. The summed E-state index contributed by atoms with van der Waals surface area (Å²) in [5.74, 6) is -0.712. The van der Waals surface area contributed by atoms with E-state index in [1.165, 1.54) is 13.2 Å². The molecule has 0 aliphatic rings. The van der Waals surface area contributed by atoms with Crippen molar-refractivity contribution in [1.29, 1.82) is 0 Å². The minimum atomic E-state index is -4.85. The predicted molar refractivity (Wildman–Crippen MR) is 130 cm³/mol.